The molecule has 0 radical (unpaired) electrons. The van der Waals surface area contributed by atoms with Crippen LogP contribution in [0.1, 0.15) is 24.2 Å². The fourth-order valence-corrected chi connectivity index (χ4v) is 2.39. The summed E-state index contributed by atoms with van der Waals surface area (Å²) < 4.78 is 2.01. The monoisotopic (exact) mass is 262 g/mol. The van der Waals surface area contributed by atoms with Crippen molar-refractivity contribution in [3.05, 3.63) is 78.1 Å². The Morgan fingerprint density at radius 2 is 1.50 bits per heavy atom. The number of hydrogen-bond acceptors (Lipinski definition) is 1. The van der Waals surface area contributed by atoms with Crippen molar-refractivity contribution in [2.24, 2.45) is 0 Å². The third-order valence-corrected chi connectivity index (χ3v) is 3.64. The molecule has 2 heteroatoms. The van der Waals surface area contributed by atoms with Crippen LogP contribution in [0.2, 0.25) is 0 Å². The van der Waals surface area contributed by atoms with E-state index in [1.54, 1.807) is 0 Å². The van der Waals surface area contributed by atoms with Gasteiger partial charge in [0.25, 0.3) is 0 Å². The predicted octanol–water partition coefficient (Wildman–Crippen LogP) is 4.47. The topological polar surface area (TPSA) is 17.8 Å². The van der Waals surface area contributed by atoms with Crippen LogP contribution < -0.4 is 0 Å². The van der Waals surface area contributed by atoms with Crippen molar-refractivity contribution in [2.75, 3.05) is 0 Å². The molecule has 20 heavy (non-hydrogen) atoms. The highest BCUT2D eigenvalue weighted by atomic mass is 15.3. The maximum Gasteiger partial charge on any atom is 0.0740 e. The van der Waals surface area contributed by atoms with Crippen LogP contribution in [0.15, 0.2) is 66.9 Å². The van der Waals surface area contributed by atoms with Gasteiger partial charge in [-0.2, -0.15) is 5.10 Å². The van der Waals surface area contributed by atoms with Crippen LogP contribution in [0.25, 0.3) is 11.1 Å². The Labute approximate surface area is 119 Å². The first-order chi connectivity index (χ1) is 9.74. The smallest absolute Gasteiger partial charge is 0.0740 e. The van der Waals surface area contributed by atoms with E-state index >= 15 is 0 Å². The van der Waals surface area contributed by atoms with Crippen LogP contribution in [0.4, 0.5) is 0 Å². The van der Waals surface area contributed by atoms with Gasteiger partial charge in [0.2, 0.25) is 0 Å². The first-order valence-electron chi connectivity index (χ1n) is 6.91. The summed E-state index contributed by atoms with van der Waals surface area (Å²) in [7, 11) is 0. The van der Waals surface area contributed by atoms with Gasteiger partial charge in [0, 0.05) is 6.20 Å². The molecule has 0 aliphatic carbocycles. The lowest BCUT2D eigenvalue weighted by Crippen LogP contribution is -2.07. The molecule has 2 nitrogen and oxygen atoms in total. The van der Waals surface area contributed by atoms with E-state index < -0.39 is 0 Å². The van der Waals surface area contributed by atoms with E-state index in [1.807, 2.05) is 29.9 Å². The zero-order valence-electron chi connectivity index (χ0n) is 11.8. The molecule has 0 aliphatic heterocycles. The molecule has 1 heterocycles. The van der Waals surface area contributed by atoms with Gasteiger partial charge in [-0.3, -0.25) is 4.68 Å². The fraction of sp³-hybridized carbons (Fsp3) is 0.167. The van der Waals surface area contributed by atoms with Crippen LogP contribution >= 0.6 is 0 Å². The predicted molar refractivity (Wildman–Crippen MR) is 82.7 cm³/mol. The lowest BCUT2D eigenvalue weighted by molar-refractivity contribution is 0.560. The van der Waals surface area contributed by atoms with Crippen molar-refractivity contribution in [1.29, 1.82) is 0 Å². The summed E-state index contributed by atoms with van der Waals surface area (Å²) in [5.74, 6) is 0. The summed E-state index contributed by atoms with van der Waals surface area (Å²) in [6.45, 7) is 4.19. The lowest BCUT2D eigenvalue weighted by Gasteiger charge is -2.13. The molecule has 100 valence electrons. The third-order valence-electron chi connectivity index (χ3n) is 3.64. The summed E-state index contributed by atoms with van der Waals surface area (Å²) in [6, 6.07) is 21.5. The van der Waals surface area contributed by atoms with Gasteiger partial charge >= 0.3 is 0 Å². The average Bonchev–Trinajstić information content (AvgIpc) is 2.94. The summed E-state index contributed by atoms with van der Waals surface area (Å²) >= 11 is 0. The Morgan fingerprint density at radius 1 is 0.850 bits per heavy atom. The van der Waals surface area contributed by atoms with E-state index in [-0.39, 0.29) is 6.04 Å². The molecule has 0 spiro atoms. The van der Waals surface area contributed by atoms with Crippen LogP contribution in [-0.2, 0) is 0 Å². The number of benzene rings is 2. The molecule has 0 aliphatic rings. The Bertz CT molecular complexity index is 681. The minimum absolute atomic E-state index is 0.258. The van der Waals surface area contributed by atoms with Gasteiger partial charge in [0.15, 0.2) is 0 Å². The molecule has 1 aromatic heterocycles. The number of hydrogen-bond donors (Lipinski definition) is 0. The van der Waals surface area contributed by atoms with Crippen molar-refractivity contribution < 1.29 is 0 Å². The van der Waals surface area contributed by atoms with Crippen LogP contribution in [0, 0.1) is 6.92 Å². The number of nitrogens with zero attached hydrogens (tertiary/aromatic N) is 2. The zero-order chi connectivity index (χ0) is 13.9. The van der Waals surface area contributed by atoms with E-state index in [1.165, 1.54) is 16.7 Å². The van der Waals surface area contributed by atoms with Crippen molar-refractivity contribution in [2.45, 2.75) is 19.9 Å². The number of rotatable bonds is 3. The summed E-state index contributed by atoms with van der Waals surface area (Å²) in [5.41, 5.74) is 4.82. The highest BCUT2D eigenvalue weighted by molar-refractivity contribution is 5.63. The van der Waals surface area contributed by atoms with Crippen LogP contribution in [0.5, 0.6) is 0 Å². The highest BCUT2D eigenvalue weighted by Crippen LogP contribution is 2.23. The first kappa shape index (κ1) is 12.7. The Balaban J connectivity index is 1.86. The SMILES string of the molecule is Cc1ccn(C(C)c2ccc(-c3ccccc3)cc2)n1. The normalized spacial score (nSPS) is 12.3. The van der Waals surface area contributed by atoms with Crippen molar-refractivity contribution in [3.8, 4) is 11.1 Å². The Morgan fingerprint density at radius 3 is 2.10 bits per heavy atom. The van der Waals surface area contributed by atoms with Gasteiger partial charge in [-0.15, -0.1) is 0 Å². The second-order valence-electron chi connectivity index (χ2n) is 5.10. The van der Waals surface area contributed by atoms with E-state index in [0.717, 1.165) is 5.69 Å². The standard InChI is InChI=1S/C18H18N2/c1-14-12-13-20(19-14)15(2)16-8-10-18(11-9-16)17-6-4-3-5-7-17/h3-13,15H,1-2H3. The molecule has 0 fully saturated rings. The van der Waals surface area contributed by atoms with Crippen molar-refractivity contribution in [1.82, 2.24) is 9.78 Å². The summed E-state index contributed by atoms with van der Waals surface area (Å²) in [6.07, 6.45) is 2.03. The largest absolute Gasteiger partial charge is 0.265 e. The van der Waals surface area contributed by atoms with Crippen molar-refractivity contribution >= 4 is 0 Å². The fourth-order valence-electron chi connectivity index (χ4n) is 2.39. The Kier molecular flexibility index (Phi) is 3.38. The average molecular weight is 262 g/mol. The van der Waals surface area contributed by atoms with Gasteiger partial charge in [-0.05, 0) is 36.6 Å². The molecular formula is C18H18N2. The Hall–Kier alpha value is -2.35. The van der Waals surface area contributed by atoms with Gasteiger partial charge in [-0.1, -0.05) is 54.6 Å². The van der Waals surface area contributed by atoms with Gasteiger partial charge in [0.1, 0.15) is 0 Å². The van der Waals surface area contributed by atoms with E-state index in [4.69, 9.17) is 0 Å². The van der Waals surface area contributed by atoms with Crippen LogP contribution in [0.3, 0.4) is 0 Å². The molecule has 3 aromatic rings. The van der Waals surface area contributed by atoms with Gasteiger partial charge in [0.05, 0.1) is 11.7 Å². The molecule has 0 bridgehead atoms. The molecule has 0 N–H and O–H groups in total. The second-order valence-corrected chi connectivity index (χ2v) is 5.10. The molecule has 1 unspecified atom stereocenters. The molecule has 0 amide bonds. The molecular weight excluding hydrogens is 244 g/mol. The quantitative estimate of drug-likeness (QED) is 0.681. The highest BCUT2D eigenvalue weighted by Gasteiger charge is 2.08. The van der Waals surface area contributed by atoms with E-state index in [9.17, 15) is 0 Å². The van der Waals surface area contributed by atoms with E-state index in [2.05, 4.69) is 60.6 Å². The van der Waals surface area contributed by atoms with E-state index in [0.29, 0.717) is 0 Å². The minimum Gasteiger partial charge on any atom is -0.265 e. The molecule has 3 rings (SSSR count). The summed E-state index contributed by atoms with van der Waals surface area (Å²) in [5, 5.41) is 4.48. The first-order valence-corrected chi connectivity index (χ1v) is 6.91. The molecule has 1 atom stereocenters. The van der Waals surface area contributed by atoms with Gasteiger partial charge in [-0.25, -0.2) is 0 Å². The molecule has 2 aromatic carbocycles. The van der Waals surface area contributed by atoms with Crippen LogP contribution in [-0.4, -0.2) is 9.78 Å². The van der Waals surface area contributed by atoms with Crippen molar-refractivity contribution in [3.63, 3.8) is 0 Å². The second kappa shape index (κ2) is 5.33. The lowest BCUT2D eigenvalue weighted by atomic mass is 10.0. The third kappa shape index (κ3) is 2.50. The zero-order valence-corrected chi connectivity index (χ0v) is 11.8. The molecule has 0 saturated carbocycles. The summed E-state index contributed by atoms with van der Waals surface area (Å²) in [4.78, 5) is 0. The maximum absolute atomic E-state index is 4.48. The maximum atomic E-state index is 4.48. The number of aryl methyl sites for hydroxylation is 1. The molecule has 0 saturated heterocycles. The minimum atomic E-state index is 0.258. The van der Waals surface area contributed by atoms with Gasteiger partial charge < -0.3 is 0 Å². The number of aromatic nitrogens is 2.